The van der Waals surface area contributed by atoms with Gasteiger partial charge in [0.1, 0.15) is 5.75 Å². The molecule has 4 nitrogen and oxygen atoms in total. The van der Waals surface area contributed by atoms with Crippen molar-refractivity contribution in [1.82, 2.24) is 10.6 Å². The Morgan fingerprint density at radius 1 is 1.04 bits per heavy atom. The number of amides is 1. The standard InChI is InChI=1S/C21H34N2O2/c1-21(2,3)23-20(24)16-25-19-13-11-17(12-14-19)15-22-18-9-7-5-4-6-8-10-18/h11-14,18,22H,4-10,15-16H2,1-3H3,(H,23,24). The molecule has 0 radical (unpaired) electrons. The number of carbonyl (C=O) groups excluding carboxylic acids is 1. The van der Waals surface area contributed by atoms with Crippen molar-refractivity contribution < 1.29 is 9.53 Å². The van der Waals surface area contributed by atoms with Crippen molar-refractivity contribution in [3.05, 3.63) is 29.8 Å². The Morgan fingerprint density at radius 2 is 1.64 bits per heavy atom. The topological polar surface area (TPSA) is 50.4 Å². The fourth-order valence-corrected chi connectivity index (χ4v) is 3.23. The second-order valence-corrected chi connectivity index (χ2v) is 8.15. The summed E-state index contributed by atoms with van der Waals surface area (Å²) in [7, 11) is 0. The summed E-state index contributed by atoms with van der Waals surface area (Å²) in [5, 5.41) is 6.59. The predicted molar refractivity (Wildman–Crippen MR) is 103 cm³/mol. The number of ether oxygens (including phenoxy) is 1. The molecule has 2 N–H and O–H groups in total. The van der Waals surface area contributed by atoms with E-state index >= 15 is 0 Å². The lowest BCUT2D eigenvalue weighted by Gasteiger charge is -2.21. The van der Waals surface area contributed by atoms with Gasteiger partial charge in [-0.15, -0.1) is 0 Å². The monoisotopic (exact) mass is 346 g/mol. The van der Waals surface area contributed by atoms with Gasteiger partial charge >= 0.3 is 0 Å². The lowest BCUT2D eigenvalue weighted by Crippen LogP contribution is -2.43. The van der Waals surface area contributed by atoms with E-state index in [4.69, 9.17) is 4.74 Å². The Balaban J connectivity index is 1.72. The molecule has 1 aliphatic carbocycles. The van der Waals surface area contributed by atoms with E-state index in [-0.39, 0.29) is 18.1 Å². The molecule has 0 bridgehead atoms. The zero-order valence-corrected chi connectivity index (χ0v) is 16.1. The van der Waals surface area contributed by atoms with Gasteiger partial charge in [0.15, 0.2) is 6.61 Å². The van der Waals surface area contributed by atoms with E-state index in [1.807, 2.05) is 32.9 Å². The van der Waals surface area contributed by atoms with Crippen LogP contribution in [0.3, 0.4) is 0 Å². The largest absolute Gasteiger partial charge is 0.484 e. The lowest BCUT2D eigenvalue weighted by atomic mass is 9.96. The molecule has 1 aromatic rings. The molecule has 1 aliphatic rings. The molecule has 0 spiro atoms. The normalized spacial score (nSPS) is 16.8. The third kappa shape index (κ3) is 8.39. The molecule has 25 heavy (non-hydrogen) atoms. The number of hydrogen-bond donors (Lipinski definition) is 2. The molecule has 1 fully saturated rings. The quantitative estimate of drug-likeness (QED) is 0.812. The van der Waals surface area contributed by atoms with Crippen LogP contribution in [0, 0.1) is 0 Å². The molecule has 1 aromatic carbocycles. The molecule has 0 heterocycles. The first-order valence-corrected chi connectivity index (χ1v) is 9.68. The third-order valence-corrected chi connectivity index (χ3v) is 4.51. The van der Waals surface area contributed by atoms with E-state index in [9.17, 15) is 4.79 Å². The fraction of sp³-hybridized carbons (Fsp3) is 0.667. The number of benzene rings is 1. The maximum Gasteiger partial charge on any atom is 0.258 e. The van der Waals surface area contributed by atoms with Crippen LogP contribution in [0.4, 0.5) is 0 Å². The highest BCUT2D eigenvalue weighted by atomic mass is 16.5. The highest BCUT2D eigenvalue weighted by molar-refractivity contribution is 5.78. The zero-order chi connectivity index (χ0) is 18.1. The van der Waals surface area contributed by atoms with Crippen LogP contribution in [0.2, 0.25) is 0 Å². The molecule has 0 aromatic heterocycles. The van der Waals surface area contributed by atoms with Crippen LogP contribution in [0.15, 0.2) is 24.3 Å². The second-order valence-electron chi connectivity index (χ2n) is 8.15. The molecule has 0 aliphatic heterocycles. The van der Waals surface area contributed by atoms with Crippen molar-refractivity contribution >= 4 is 5.91 Å². The van der Waals surface area contributed by atoms with Gasteiger partial charge in [0.2, 0.25) is 0 Å². The minimum atomic E-state index is -0.229. The van der Waals surface area contributed by atoms with Crippen molar-refractivity contribution in [2.45, 2.75) is 83.8 Å². The Morgan fingerprint density at radius 3 is 2.24 bits per heavy atom. The molecule has 140 valence electrons. The third-order valence-electron chi connectivity index (χ3n) is 4.51. The molecule has 4 heteroatoms. The summed E-state index contributed by atoms with van der Waals surface area (Å²) < 4.78 is 5.56. The van der Waals surface area contributed by atoms with Crippen LogP contribution in [0.1, 0.15) is 71.3 Å². The molecule has 1 saturated carbocycles. The molecular weight excluding hydrogens is 312 g/mol. The van der Waals surface area contributed by atoms with Crippen LogP contribution in [-0.4, -0.2) is 24.1 Å². The van der Waals surface area contributed by atoms with Crippen molar-refractivity contribution in [1.29, 1.82) is 0 Å². The van der Waals surface area contributed by atoms with Gasteiger partial charge in [-0.2, -0.15) is 0 Å². The first kappa shape index (κ1) is 19.8. The summed E-state index contributed by atoms with van der Waals surface area (Å²) in [6.45, 7) is 6.83. The Labute approximate surface area is 152 Å². The maximum absolute atomic E-state index is 11.8. The second kappa shape index (κ2) is 9.81. The number of nitrogens with one attached hydrogen (secondary N) is 2. The SMILES string of the molecule is CC(C)(C)NC(=O)COc1ccc(CNC2CCCCCCC2)cc1. The van der Waals surface area contributed by atoms with Crippen molar-refractivity contribution in [2.75, 3.05) is 6.61 Å². The van der Waals surface area contributed by atoms with Crippen molar-refractivity contribution in [2.24, 2.45) is 0 Å². The van der Waals surface area contributed by atoms with Crippen molar-refractivity contribution in [3.63, 3.8) is 0 Å². The summed E-state index contributed by atoms with van der Waals surface area (Å²) in [4.78, 5) is 11.8. The van der Waals surface area contributed by atoms with Crippen LogP contribution in [0.25, 0.3) is 0 Å². The molecule has 0 atom stereocenters. The first-order chi connectivity index (χ1) is 11.9. The Bertz CT molecular complexity index is 512. The van der Waals surface area contributed by atoms with Crippen LogP contribution in [0.5, 0.6) is 5.75 Å². The van der Waals surface area contributed by atoms with E-state index in [1.165, 1.54) is 50.5 Å². The van der Waals surface area contributed by atoms with E-state index in [1.54, 1.807) is 0 Å². The maximum atomic E-state index is 11.8. The van der Waals surface area contributed by atoms with Gasteiger partial charge in [-0.25, -0.2) is 0 Å². The minimum absolute atomic E-state index is 0.0525. The zero-order valence-electron chi connectivity index (χ0n) is 16.1. The van der Waals surface area contributed by atoms with Gasteiger partial charge in [0.25, 0.3) is 5.91 Å². The summed E-state index contributed by atoms with van der Waals surface area (Å²) in [6, 6.07) is 8.69. The summed E-state index contributed by atoms with van der Waals surface area (Å²) in [5.74, 6) is 0.640. The van der Waals surface area contributed by atoms with Gasteiger partial charge in [0, 0.05) is 18.1 Å². The van der Waals surface area contributed by atoms with E-state index in [0.717, 1.165) is 12.3 Å². The lowest BCUT2D eigenvalue weighted by molar-refractivity contribution is -0.124. The summed E-state index contributed by atoms with van der Waals surface area (Å²) >= 11 is 0. The highest BCUT2D eigenvalue weighted by Crippen LogP contribution is 2.18. The van der Waals surface area contributed by atoms with Gasteiger partial charge in [-0.1, -0.05) is 44.2 Å². The molecule has 2 rings (SSSR count). The van der Waals surface area contributed by atoms with Gasteiger partial charge in [-0.3, -0.25) is 4.79 Å². The van der Waals surface area contributed by atoms with Crippen LogP contribution in [-0.2, 0) is 11.3 Å². The molecule has 0 saturated heterocycles. The summed E-state index contributed by atoms with van der Waals surface area (Å²) in [5.41, 5.74) is 1.03. The number of hydrogen-bond acceptors (Lipinski definition) is 3. The smallest absolute Gasteiger partial charge is 0.258 e. The first-order valence-electron chi connectivity index (χ1n) is 9.68. The van der Waals surface area contributed by atoms with E-state index in [2.05, 4.69) is 22.8 Å². The summed E-state index contributed by atoms with van der Waals surface area (Å²) in [6.07, 6.45) is 9.46. The molecular formula is C21H34N2O2. The Kier molecular flexibility index (Phi) is 7.76. The minimum Gasteiger partial charge on any atom is -0.484 e. The van der Waals surface area contributed by atoms with Crippen molar-refractivity contribution in [3.8, 4) is 5.75 Å². The van der Waals surface area contributed by atoms with Crippen LogP contribution >= 0.6 is 0 Å². The number of carbonyl (C=O) groups is 1. The van der Waals surface area contributed by atoms with E-state index in [0.29, 0.717) is 6.04 Å². The average molecular weight is 347 g/mol. The predicted octanol–water partition coefficient (Wildman–Crippen LogP) is 4.18. The Hall–Kier alpha value is -1.55. The number of rotatable bonds is 6. The fourth-order valence-electron chi connectivity index (χ4n) is 3.23. The van der Waals surface area contributed by atoms with E-state index < -0.39 is 0 Å². The average Bonchev–Trinajstić information content (AvgIpc) is 2.51. The van der Waals surface area contributed by atoms with Gasteiger partial charge < -0.3 is 15.4 Å². The van der Waals surface area contributed by atoms with Gasteiger partial charge in [0.05, 0.1) is 0 Å². The highest BCUT2D eigenvalue weighted by Gasteiger charge is 2.14. The van der Waals surface area contributed by atoms with Gasteiger partial charge in [-0.05, 0) is 51.3 Å². The van der Waals surface area contributed by atoms with Crippen LogP contribution < -0.4 is 15.4 Å². The molecule has 0 unspecified atom stereocenters. The molecule has 1 amide bonds.